The molecular formula is C16H23N3O2. The number of fused-ring (bicyclic) bond motifs is 1. The first-order valence-corrected chi connectivity index (χ1v) is 6.97. The summed E-state index contributed by atoms with van der Waals surface area (Å²) >= 11 is 0. The van der Waals surface area contributed by atoms with E-state index in [1.54, 1.807) is 14.2 Å². The first kappa shape index (κ1) is 15.5. The minimum Gasteiger partial charge on any atom is -0.497 e. The topological polar surface area (TPSA) is 60.6 Å². The number of nitrogens with zero attached hydrogens (tertiary/aromatic N) is 2. The van der Waals surface area contributed by atoms with E-state index in [1.165, 1.54) is 0 Å². The molecule has 1 heterocycles. The van der Waals surface area contributed by atoms with E-state index in [4.69, 9.17) is 15.2 Å². The molecule has 1 aromatic carbocycles. The molecule has 114 valence electrons. The molecule has 0 saturated heterocycles. The van der Waals surface area contributed by atoms with Gasteiger partial charge in [-0.2, -0.15) is 0 Å². The number of anilines is 1. The summed E-state index contributed by atoms with van der Waals surface area (Å²) < 4.78 is 10.4. The van der Waals surface area contributed by atoms with Gasteiger partial charge in [-0.1, -0.05) is 0 Å². The van der Waals surface area contributed by atoms with Gasteiger partial charge in [0.15, 0.2) is 0 Å². The minimum absolute atomic E-state index is 0.320. The highest BCUT2D eigenvalue weighted by Crippen LogP contribution is 2.23. The van der Waals surface area contributed by atoms with Gasteiger partial charge in [-0.3, -0.25) is 4.90 Å². The average molecular weight is 289 g/mol. The Morgan fingerprint density at radius 2 is 2.05 bits per heavy atom. The second-order valence-corrected chi connectivity index (χ2v) is 5.31. The van der Waals surface area contributed by atoms with Crippen molar-refractivity contribution in [3.63, 3.8) is 0 Å². The fourth-order valence-electron chi connectivity index (χ4n) is 2.25. The van der Waals surface area contributed by atoms with Gasteiger partial charge in [-0.15, -0.1) is 0 Å². The summed E-state index contributed by atoms with van der Waals surface area (Å²) in [5.41, 5.74) is 7.97. The molecule has 0 spiro atoms. The number of nitrogen functional groups attached to an aromatic ring is 1. The number of ether oxygens (including phenoxy) is 2. The van der Waals surface area contributed by atoms with Crippen molar-refractivity contribution in [2.75, 3.05) is 33.6 Å². The Bertz CT molecular complexity index is 616. The van der Waals surface area contributed by atoms with Crippen LogP contribution in [0.25, 0.3) is 10.9 Å². The van der Waals surface area contributed by atoms with Gasteiger partial charge in [0.05, 0.1) is 19.2 Å². The van der Waals surface area contributed by atoms with Crippen LogP contribution in [-0.4, -0.2) is 43.8 Å². The summed E-state index contributed by atoms with van der Waals surface area (Å²) in [5, 5.41) is 1.06. The molecule has 0 radical (unpaired) electrons. The first-order valence-electron chi connectivity index (χ1n) is 6.97. The lowest BCUT2D eigenvalue weighted by molar-refractivity contribution is 0.112. The van der Waals surface area contributed by atoms with Crippen molar-refractivity contribution in [2.24, 2.45) is 0 Å². The Hall–Kier alpha value is -1.85. The van der Waals surface area contributed by atoms with Crippen LogP contribution in [0.2, 0.25) is 0 Å². The third-order valence-electron chi connectivity index (χ3n) is 3.72. The van der Waals surface area contributed by atoms with Gasteiger partial charge in [0.25, 0.3) is 0 Å². The molecule has 0 bridgehead atoms. The van der Waals surface area contributed by atoms with Crippen LogP contribution in [0.4, 0.5) is 5.82 Å². The zero-order valence-electron chi connectivity index (χ0n) is 13.1. The van der Waals surface area contributed by atoms with Crippen molar-refractivity contribution < 1.29 is 9.47 Å². The monoisotopic (exact) mass is 289 g/mol. The maximum Gasteiger partial charge on any atom is 0.128 e. The number of rotatable bonds is 6. The van der Waals surface area contributed by atoms with Gasteiger partial charge in [0.1, 0.15) is 11.6 Å². The number of likely N-dealkylation sites (N-methyl/N-ethyl adjacent to an activating group) is 1. The molecule has 0 aliphatic heterocycles. The molecule has 0 fully saturated rings. The molecule has 0 saturated carbocycles. The van der Waals surface area contributed by atoms with Gasteiger partial charge < -0.3 is 15.2 Å². The number of methoxy groups -OCH3 is 2. The molecule has 21 heavy (non-hydrogen) atoms. The standard InChI is InChI=1S/C16H23N3O2/c1-11(10-20-3)19(2)9-13-7-12-5-6-14(21-4)8-15(12)18-16(13)17/h5-8,11H,9-10H2,1-4H3,(H2,17,18). The van der Waals surface area contributed by atoms with Crippen LogP contribution in [0.15, 0.2) is 24.3 Å². The van der Waals surface area contributed by atoms with Crippen LogP contribution >= 0.6 is 0 Å². The number of aromatic nitrogens is 1. The SMILES string of the molecule is COCC(C)N(C)Cc1cc2ccc(OC)cc2nc1N. The van der Waals surface area contributed by atoms with Crippen molar-refractivity contribution in [3.05, 3.63) is 29.8 Å². The molecule has 1 unspecified atom stereocenters. The number of hydrogen-bond donors (Lipinski definition) is 1. The van der Waals surface area contributed by atoms with Crippen LogP contribution in [0.5, 0.6) is 5.75 Å². The summed E-state index contributed by atoms with van der Waals surface area (Å²) in [4.78, 5) is 6.68. The predicted octanol–water partition coefficient (Wildman–Crippen LogP) is 2.29. The first-order chi connectivity index (χ1) is 10.0. The smallest absolute Gasteiger partial charge is 0.128 e. The second kappa shape index (κ2) is 6.74. The molecule has 0 aliphatic carbocycles. The summed E-state index contributed by atoms with van der Waals surface area (Å²) in [7, 11) is 5.41. The number of hydrogen-bond acceptors (Lipinski definition) is 5. The number of benzene rings is 1. The molecule has 5 nitrogen and oxygen atoms in total. The van der Waals surface area contributed by atoms with E-state index >= 15 is 0 Å². The van der Waals surface area contributed by atoms with Gasteiger partial charge in [0.2, 0.25) is 0 Å². The van der Waals surface area contributed by atoms with E-state index < -0.39 is 0 Å². The Kier molecular flexibility index (Phi) is 4.98. The van der Waals surface area contributed by atoms with Crippen LogP contribution in [-0.2, 0) is 11.3 Å². The molecule has 2 rings (SSSR count). The lowest BCUT2D eigenvalue weighted by Crippen LogP contribution is -2.32. The highest BCUT2D eigenvalue weighted by molar-refractivity contribution is 5.82. The van der Waals surface area contributed by atoms with Crippen LogP contribution in [0, 0.1) is 0 Å². The van der Waals surface area contributed by atoms with Gasteiger partial charge in [0, 0.05) is 36.7 Å². The third kappa shape index (κ3) is 3.62. The van der Waals surface area contributed by atoms with E-state index in [0.717, 1.165) is 28.8 Å². The quantitative estimate of drug-likeness (QED) is 0.884. The van der Waals surface area contributed by atoms with Gasteiger partial charge in [-0.25, -0.2) is 4.98 Å². The summed E-state index contributed by atoms with van der Waals surface area (Å²) in [6, 6.07) is 8.24. The zero-order chi connectivity index (χ0) is 15.4. The molecule has 0 aliphatic rings. The fourth-order valence-corrected chi connectivity index (χ4v) is 2.25. The molecule has 2 N–H and O–H groups in total. The van der Waals surface area contributed by atoms with Crippen molar-refractivity contribution >= 4 is 16.7 Å². The minimum atomic E-state index is 0.320. The summed E-state index contributed by atoms with van der Waals surface area (Å²) in [5.74, 6) is 1.35. The number of nitrogens with two attached hydrogens (primary N) is 1. The van der Waals surface area contributed by atoms with Crippen molar-refractivity contribution in [1.82, 2.24) is 9.88 Å². The summed E-state index contributed by atoms with van der Waals surface area (Å²) in [6.07, 6.45) is 0. The van der Waals surface area contributed by atoms with E-state index in [-0.39, 0.29) is 0 Å². The largest absolute Gasteiger partial charge is 0.497 e. The highest BCUT2D eigenvalue weighted by Gasteiger charge is 2.12. The lowest BCUT2D eigenvalue weighted by atomic mass is 10.1. The van der Waals surface area contributed by atoms with E-state index in [2.05, 4.69) is 29.9 Å². The third-order valence-corrected chi connectivity index (χ3v) is 3.72. The number of pyridine rings is 1. The Balaban J connectivity index is 2.26. The van der Waals surface area contributed by atoms with Gasteiger partial charge in [-0.05, 0) is 32.2 Å². The van der Waals surface area contributed by atoms with Crippen molar-refractivity contribution in [3.8, 4) is 5.75 Å². The van der Waals surface area contributed by atoms with Crippen LogP contribution < -0.4 is 10.5 Å². The second-order valence-electron chi connectivity index (χ2n) is 5.31. The molecular weight excluding hydrogens is 266 g/mol. The average Bonchev–Trinajstić information content (AvgIpc) is 2.47. The van der Waals surface area contributed by atoms with Crippen LogP contribution in [0.1, 0.15) is 12.5 Å². The maximum atomic E-state index is 6.09. The molecule has 2 aromatic rings. The molecule has 5 heteroatoms. The Labute approximate surface area is 125 Å². The summed E-state index contributed by atoms with van der Waals surface area (Å²) in [6.45, 7) is 3.55. The molecule has 0 amide bonds. The lowest BCUT2D eigenvalue weighted by Gasteiger charge is -2.24. The van der Waals surface area contributed by atoms with E-state index in [9.17, 15) is 0 Å². The maximum absolute atomic E-state index is 6.09. The van der Waals surface area contributed by atoms with Crippen molar-refractivity contribution in [1.29, 1.82) is 0 Å². The van der Waals surface area contributed by atoms with E-state index in [0.29, 0.717) is 18.5 Å². The Morgan fingerprint density at radius 1 is 1.29 bits per heavy atom. The van der Waals surface area contributed by atoms with Crippen LogP contribution in [0.3, 0.4) is 0 Å². The Morgan fingerprint density at radius 3 is 2.71 bits per heavy atom. The highest BCUT2D eigenvalue weighted by atomic mass is 16.5. The normalized spacial score (nSPS) is 12.8. The fraction of sp³-hybridized carbons (Fsp3) is 0.438. The zero-order valence-corrected chi connectivity index (χ0v) is 13.1. The van der Waals surface area contributed by atoms with Gasteiger partial charge >= 0.3 is 0 Å². The van der Waals surface area contributed by atoms with E-state index in [1.807, 2.05) is 18.2 Å². The van der Waals surface area contributed by atoms with Crippen molar-refractivity contribution in [2.45, 2.75) is 19.5 Å². The molecule has 1 atom stereocenters. The molecule has 1 aromatic heterocycles. The predicted molar refractivity (Wildman–Crippen MR) is 85.5 cm³/mol.